The summed E-state index contributed by atoms with van der Waals surface area (Å²) >= 11 is 0. The molecule has 0 bridgehead atoms. The van der Waals surface area contributed by atoms with Gasteiger partial charge in [0.1, 0.15) is 17.8 Å². The van der Waals surface area contributed by atoms with Crippen LogP contribution in [0.15, 0.2) is 48.8 Å². The van der Waals surface area contributed by atoms with Crippen LogP contribution >= 0.6 is 0 Å². The van der Waals surface area contributed by atoms with Crippen molar-refractivity contribution in [2.24, 2.45) is 0 Å². The van der Waals surface area contributed by atoms with Crippen molar-refractivity contribution in [3.8, 4) is 11.5 Å². The molecule has 2 aromatic carbocycles. The molecule has 4 rings (SSSR count). The van der Waals surface area contributed by atoms with Crippen LogP contribution < -0.4 is 14.8 Å². The molecule has 0 radical (unpaired) electrons. The van der Waals surface area contributed by atoms with E-state index in [-0.39, 0.29) is 0 Å². The van der Waals surface area contributed by atoms with Gasteiger partial charge in [-0.3, -0.25) is 4.40 Å². The van der Waals surface area contributed by atoms with Crippen LogP contribution in [0.4, 0.5) is 11.6 Å². The number of nitrogens with zero attached hydrogens (tertiary/aromatic N) is 4. The predicted molar refractivity (Wildman–Crippen MR) is 100 cm³/mol. The Bertz CT molecular complexity index is 1060. The molecule has 4 aromatic rings. The zero-order chi connectivity index (χ0) is 17.9. The number of anilines is 2. The summed E-state index contributed by atoms with van der Waals surface area (Å²) in [6, 6.07) is 13.5. The Morgan fingerprint density at radius 3 is 2.73 bits per heavy atom. The number of hydrogen-bond acceptors (Lipinski definition) is 6. The van der Waals surface area contributed by atoms with Gasteiger partial charge in [-0.25, -0.2) is 4.98 Å². The lowest BCUT2D eigenvalue weighted by Gasteiger charge is -2.15. The van der Waals surface area contributed by atoms with E-state index in [2.05, 4.69) is 15.5 Å². The van der Waals surface area contributed by atoms with Gasteiger partial charge in [0.15, 0.2) is 5.65 Å². The normalized spacial score (nSPS) is 11.0. The Hall–Kier alpha value is -3.35. The summed E-state index contributed by atoms with van der Waals surface area (Å²) in [4.78, 5) is 4.72. The van der Waals surface area contributed by atoms with Gasteiger partial charge in [-0.1, -0.05) is 12.1 Å². The van der Waals surface area contributed by atoms with Crippen molar-refractivity contribution in [1.29, 1.82) is 0 Å². The smallest absolute Gasteiger partial charge is 0.215 e. The molecule has 0 amide bonds. The Morgan fingerprint density at radius 1 is 1.04 bits per heavy atom. The molecule has 2 heterocycles. The van der Waals surface area contributed by atoms with Gasteiger partial charge in [-0.2, -0.15) is 0 Å². The lowest BCUT2D eigenvalue weighted by Crippen LogP contribution is -2.05. The second-order valence-electron chi connectivity index (χ2n) is 5.63. The molecule has 0 aliphatic heterocycles. The van der Waals surface area contributed by atoms with Crippen LogP contribution in [-0.4, -0.2) is 32.8 Å². The zero-order valence-electron chi connectivity index (χ0n) is 14.6. The highest BCUT2D eigenvalue weighted by atomic mass is 16.5. The summed E-state index contributed by atoms with van der Waals surface area (Å²) in [5.74, 6) is 2.10. The minimum absolute atomic E-state index is 0.565. The van der Waals surface area contributed by atoms with Crippen molar-refractivity contribution in [2.75, 3.05) is 18.5 Å². The number of aromatic nitrogens is 4. The second kappa shape index (κ2) is 6.87. The van der Waals surface area contributed by atoms with Crippen molar-refractivity contribution in [2.45, 2.75) is 13.8 Å². The van der Waals surface area contributed by atoms with Crippen LogP contribution in [0.2, 0.25) is 0 Å². The first-order valence-electron chi connectivity index (χ1n) is 8.55. The van der Waals surface area contributed by atoms with E-state index in [0.717, 1.165) is 33.7 Å². The molecule has 0 aliphatic rings. The Kier molecular flexibility index (Phi) is 4.27. The summed E-state index contributed by atoms with van der Waals surface area (Å²) in [6.45, 7) is 5.06. The van der Waals surface area contributed by atoms with Crippen molar-refractivity contribution in [3.63, 3.8) is 0 Å². The van der Waals surface area contributed by atoms with Crippen LogP contribution in [0.25, 0.3) is 16.6 Å². The van der Waals surface area contributed by atoms with Gasteiger partial charge in [0, 0.05) is 11.5 Å². The topological polar surface area (TPSA) is 73.6 Å². The second-order valence-corrected chi connectivity index (χ2v) is 5.63. The fraction of sp³-hybridized carbons (Fsp3) is 0.211. The van der Waals surface area contributed by atoms with E-state index in [9.17, 15) is 0 Å². The van der Waals surface area contributed by atoms with E-state index < -0.39 is 0 Å². The minimum atomic E-state index is 0.565. The number of rotatable bonds is 6. The molecule has 7 heteroatoms. The van der Waals surface area contributed by atoms with Crippen LogP contribution in [0.5, 0.6) is 11.5 Å². The number of benzene rings is 2. The monoisotopic (exact) mass is 349 g/mol. The molecule has 26 heavy (non-hydrogen) atoms. The van der Waals surface area contributed by atoms with Gasteiger partial charge < -0.3 is 14.8 Å². The molecular formula is C19H19N5O2. The van der Waals surface area contributed by atoms with Crippen LogP contribution in [-0.2, 0) is 0 Å². The maximum atomic E-state index is 5.74. The van der Waals surface area contributed by atoms with Gasteiger partial charge in [0.2, 0.25) is 5.95 Å². The molecule has 0 saturated carbocycles. The van der Waals surface area contributed by atoms with E-state index >= 15 is 0 Å². The third-order valence-corrected chi connectivity index (χ3v) is 3.96. The molecule has 0 spiro atoms. The molecule has 0 atom stereocenters. The van der Waals surface area contributed by atoms with Gasteiger partial charge in [0.05, 0.1) is 24.4 Å². The number of ether oxygens (including phenoxy) is 2. The number of nitrogens with one attached hydrogen (secondary N) is 1. The van der Waals surface area contributed by atoms with Gasteiger partial charge in [0.25, 0.3) is 0 Å². The molecule has 0 aliphatic carbocycles. The number of fused-ring (bicyclic) bond motifs is 3. The van der Waals surface area contributed by atoms with E-state index in [1.54, 1.807) is 6.33 Å². The first kappa shape index (κ1) is 16.1. The lowest BCUT2D eigenvalue weighted by molar-refractivity contribution is 0.332. The molecule has 132 valence electrons. The van der Waals surface area contributed by atoms with Gasteiger partial charge in [-0.05, 0) is 38.1 Å². The van der Waals surface area contributed by atoms with Crippen LogP contribution in [0.1, 0.15) is 13.8 Å². The van der Waals surface area contributed by atoms with Crippen LogP contribution in [0.3, 0.4) is 0 Å². The van der Waals surface area contributed by atoms with Gasteiger partial charge in [-0.15, -0.1) is 10.2 Å². The average molecular weight is 349 g/mol. The largest absolute Gasteiger partial charge is 0.494 e. The summed E-state index contributed by atoms with van der Waals surface area (Å²) in [7, 11) is 0. The van der Waals surface area contributed by atoms with E-state index in [1.165, 1.54) is 0 Å². The maximum Gasteiger partial charge on any atom is 0.215 e. The van der Waals surface area contributed by atoms with Crippen molar-refractivity contribution >= 4 is 28.2 Å². The minimum Gasteiger partial charge on any atom is -0.494 e. The van der Waals surface area contributed by atoms with E-state index in [1.807, 2.05) is 60.7 Å². The predicted octanol–water partition coefficient (Wildman–Crippen LogP) is 3.82. The van der Waals surface area contributed by atoms with Gasteiger partial charge >= 0.3 is 0 Å². The molecule has 7 nitrogen and oxygen atoms in total. The van der Waals surface area contributed by atoms with Crippen molar-refractivity contribution in [1.82, 2.24) is 19.6 Å². The standard InChI is InChI=1S/C19H19N5O2/c1-3-25-13-9-10-17(26-4-2)16(11-13)22-19-21-15-8-6-5-7-14(15)18-23-20-12-24(18)19/h5-12H,3-4H2,1-2H3,(H,21,22). The first-order chi connectivity index (χ1) is 12.8. The van der Waals surface area contributed by atoms with Crippen molar-refractivity contribution < 1.29 is 9.47 Å². The summed E-state index contributed by atoms with van der Waals surface area (Å²) < 4.78 is 13.2. The SMILES string of the molecule is CCOc1ccc(OCC)c(Nc2nc3ccccc3c3nncn23)c1. The number of para-hydroxylation sites is 1. The highest BCUT2D eigenvalue weighted by Gasteiger charge is 2.13. The Morgan fingerprint density at radius 2 is 1.88 bits per heavy atom. The Labute approximate surface area is 150 Å². The Balaban J connectivity index is 1.83. The fourth-order valence-corrected chi connectivity index (χ4v) is 2.86. The quantitative estimate of drug-likeness (QED) is 0.570. The molecule has 0 fully saturated rings. The van der Waals surface area contributed by atoms with E-state index in [4.69, 9.17) is 14.5 Å². The number of hydrogen-bond donors (Lipinski definition) is 1. The van der Waals surface area contributed by atoms with Crippen LogP contribution in [0, 0.1) is 0 Å². The summed E-state index contributed by atoms with van der Waals surface area (Å²) in [5, 5.41) is 12.6. The third-order valence-electron chi connectivity index (χ3n) is 3.96. The molecule has 1 N–H and O–H groups in total. The highest BCUT2D eigenvalue weighted by Crippen LogP contribution is 2.32. The maximum absolute atomic E-state index is 5.74. The first-order valence-corrected chi connectivity index (χ1v) is 8.55. The molecule has 0 unspecified atom stereocenters. The molecule has 0 saturated heterocycles. The molecular weight excluding hydrogens is 330 g/mol. The lowest BCUT2D eigenvalue weighted by atomic mass is 10.2. The van der Waals surface area contributed by atoms with Crippen molar-refractivity contribution in [3.05, 3.63) is 48.8 Å². The summed E-state index contributed by atoms with van der Waals surface area (Å²) in [5.41, 5.74) is 2.36. The highest BCUT2D eigenvalue weighted by molar-refractivity contribution is 5.92. The summed E-state index contributed by atoms with van der Waals surface area (Å²) in [6.07, 6.45) is 1.64. The molecule has 2 aromatic heterocycles. The average Bonchev–Trinajstić information content (AvgIpc) is 3.15. The third kappa shape index (κ3) is 2.88. The fourth-order valence-electron chi connectivity index (χ4n) is 2.86. The zero-order valence-corrected chi connectivity index (χ0v) is 14.6. The van der Waals surface area contributed by atoms with E-state index in [0.29, 0.717) is 19.2 Å².